The molecule has 3 aromatic heterocycles. The number of fused-ring (bicyclic) bond motifs is 3. The molecule has 2 amide bonds. The number of pyridine rings is 1. The van der Waals surface area contributed by atoms with Crippen molar-refractivity contribution in [1.82, 2.24) is 29.0 Å². The number of hydrogen-bond acceptors (Lipinski definition) is 7. The first-order chi connectivity index (χ1) is 23.4. The van der Waals surface area contributed by atoms with Gasteiger partial charge < -0.3 is 19.5 Å². The van der Waals surface area contributed by atoms with Crippen molar-refractivity contribution in [3.8, 4) is 0 Å². The number of aromatic nitrogens is 5. The molecule has 1 fully saturated rings. The molecule has 1 saturated heterocycles. The summed E-state index contributed by atoms with van der Waals surface area (Å²) in [7, 11) is 0. The lowest BCUT2D eigenvalue weighted by molar-refractivity contribution is -0.137. The van der Waals surface area contributed by atoms with Crippen LogP contribution in [-0.4, -0.2) is 67.2 Å². The molecule has 49 heavy (non-hydrogen) atoms. The van der Waals surface area contributed by atoms with Crippen molar-refractivity contribution in [3.63, 3.8) is 0 Å². The third-order valence-corrected chi connectivity index (χ3v) is 10.0. The number of amides is 2. The van der Waals surface area contributed by atoms with Gasteiger partial charge in [0.2, 0.25) is 11.7 Å². The van der Waals surface area contributed by atoms with Gasteiger partial charge in [0.05, 0.1) is 18.8 Å². The number of carbonyl (C=O) groups is 2. The quantitative estimate of drug-likeness (QED) is 0.320. The molecule has 4 aromatic rings. The number of rotatable bonds is 5. The molecule has 3 aliphatic rings. The average molecular weight is 676 g/mol. The highest BCUT2D eigenvalue weighted by Gasteiger charge is 2.44. The van der Waals surface area contributed by atoms with Crippen LogP contribution in [0, 0.1) is 13.8 Å². The predicted octanol–water partition coefficient (Wildman–Crippen LogP) is 4.87. The lowest BCUT2D eigenvalue weighted by Gasteiger charge is -2.45. The number of ether oxygens (including phenoxy) is 1. The highest BCUT2D eigenvalue weighted by molar-refractivity contribution is 5.93. The molecular formula is C35H36F3N7O4. The summed E-state index contributed by atoms with van der Waals surface area (Å²) in [6.07, 6.45) is 2.67. The monoisotopic (exact) mass is 675 g/mol. The fraction of sp³-hybridized carbons (Fsp3) is 0.429. The van der Waals surface area contributed by atoms with Gasteiger partial charge in [0.15, 0.2) is 5.82 Å². The van der Waals surface area contributed by atoms with Gasteiger partial charge in [-0.05, 0) is 93.3 Å². The van der Waals surface area contributed by atoms with Crippen LogP contribution in [-0.2, 0) is 34.1 Å². The van der Waals surface area contributed by atoms with E-state index in [1.54, 1.807) is 33.9 Å². The first-order valence-corrected chi connectivity index (χ1v) is 16.4. The smallest absolute Gasteiger partial charge is 0.377 e. The van der Waals surface area contributed by atoms with Gasteiger partial charge in [-0.1, -0.05) is 12.1 Å². The van der Waals surface area contributed by atoms with E-state index in [1.165, 1.54) is 18.4 Å². The zero-order chi connectivity index (χ0) is 34.5. The van der Waals surface area contributed by atoms with E-state index in [9.17, 15) is 27.6 Å². The maximum absolute atomic E-state index is 14.4. The molecular weight excluding hydrogens is 639 g/mol. The van der Waals surface area contributed by atoms with Gasteiger partial charge in [-0.2, -0.15) is 22.7 Å². The molecule has 11 nitrogen and oxygen atoms in total. The van der Waals surface area contributed by atoms with Crippen LogP contribution in [0.3, 0.4) is 0 Å². The molecule has 1 N–H and O–H groups in total. The molecule has 0 atom stereocenters. The van der Waals surface area contributed by atoms with E-state index in [0.717, 1.165) is 30.5 Å². The zero-order valence-electron chi connectivity index (χ0n) is 27.3. The Labute approximate surface area is 279 Å². The molecule has 0 radical (unpaired) electrons. The van der Waals surface area contributed by atoms with Crippen molar-refractivity contribution in [2.24, 2.45) is 0 Å². The number of anilines is 1. The van der Waals surface area contributed by atoms with Crippen molar-refractivity contribution in [3.05, 3.63) is 92.4 Å². The Kier molecular flexibility index (Phi) is 8.37. The van der Waals surface area contributed by atoms with Crippen molar-refractivity contribution >= 4 is 28.9 Å². The van der Waals surface area contributed by atoms with E-state index in [1.807, 2.05) is 6.08 Å². The van der Waals surface area contributed by atoms with Gasteiger partial charge >= 0.3 is 6.18 Å². The lowest BCUT2D eigenvalue weighted by atomic mass is 9.66. The minimum atomic E-state index is -4.51. The molecule has 5 heterocycles. The van der Waals surface area contributed by atoms with E-state index in [4.69, 9.17) is 9.72 Å². The number of piperidine rings is 1. The summed E-state index contributed by atoms with van der Waals surface area (Å²) in [5.74, 6) is -0.0161. The molecule has 1 aromatic carbocycles. The number of hydrogen-bond donors (Lipinski definition) is 1. The molecule has 0 saturated carbocycles. The van der Waals surface area contributed by atoms with E-state index >= 15 is 0 Å². The summed E-state index contributed by atoms with van der Waals surface area (Å²) >= 11 is 0. The van der Waals surface area contributed by atoms with E-state index < -0.39 is 23.1 Å². The Hall–Kier alpha value is -4.85. The minimum absolute atomic E-state index is 0.157. The van der Waals surface area contributed by atoms with Gasteiger partial charge in [-0.15, -0.1) is 5.10 Å². The third-order valence-electron chi connectivity index (χ3n) is 10.0. The number of carbonyl (C=O) groups excluding carboxylic acids is 2. The van der Waals surface area contributed by atoms with E-state index in [2.05, 4.69) is 15.4 Å². The third kappa shape index (κ3) is 6.02. The minimum Gasteiger partial charge on any atom is -0.377 e. The summed E-state index contributed by atoms with van der Waals surface area (Å²) in [4.78, 5) is 52.1. The van der Waals surface area contributed by atoms with Crippen LogP contribution in [0.25, 0.3) is 11.4 Å². The van der Waals surface area contributed by atoms with Crippen LogP contribution >= 0.6 is 0 Å². The lowest BCUT2D eigenvalue weighted by Crippen LogP contribution is -2.50. The Balaban J connectivity index is 1.27. The summed E-state index contributed by atoms with van der Waals surface area (Å²) in [6.45, 7) is 4.59. The molecule has 0 unspecified atom stereocenters. The van der Waals surface area contributed by atoms with E-state index in [-0.39, 0.29) is 34.9 Å². The summed E-state index contributed by atoms with van der Waals surface area (Å²) in [5, 5.41) is 7.48. The topological polar surface area (TPSA) is 124 Å². The molecule has 1 spiro atoms. The van der Waals surface area contributed by atoms with Crippen LogP contribution in [0.2, 0.25) is 0 Å². The largest absolute Gasteiger partial charge is 0.416 e. The Morgan fingerprint density at radius 1 is 1.06 bits per heavy atom. The summed E-state index contributed by atoms with van der Waals surface area (Å²) in [6, 6.07) is 7.25. The van der Waals surface area contributed by atoms with Crippen molar-refractivity contribution in [2.75, 3.05) is 31.6 Å². The maximum atomic E-state index is 14.4. The van der Waals surface area contributed by atoms with Gasteiger partial charge in [0.1, 0.15) is 12.2 Å². The number of halogens is 3. The van der Waals surface area contributed by atoms with Crippen LogP contribution < -0.4 is 10.9 Å². The zero-order valence-corrected chi connectivity index (χ0v) is 27.3. The highest BCUT2D eigenvalue weighted by Crippen LogP contribution is 2.44. The van der Waals surface area contributed by atoms with Gasteiger partial charge in [0, 0.05) is 41.6 Å². The SMILES string of the molecule is Cc1cc(C(F)(F)F)cc(C)c1NC(=O)Cn1c2c(c(=O)n3nc(C4=CCOCC4)nc13)C1(CCC2)CCN(C(=O)c2ccccn2)CC1. The average Bonchev–Trinajstić information content (AvgIpc) is 3.55. The molecule has 1 aliphatic carbocycles. The summed E-state index contributed by atoms with van der Waals surface area (Å²) in [5.41, 5.74) is 1.77. The Morgan fingerprint density at radius 2 is 1.82 bits per heavy atom. The second-order valence-electron chi connectivity index (χ2n) is 13.1. The maximum Gasteiger partial charge on any atom is 0.416 e. The number of nitrogens with zero attached hydrogens (tertiary/aromatic N) is 6. The molecule has 256 valence electrons. The van der Waals surface area contributed by atoms with Crippen molar-refractivity contribution < 1.29 is 27.5 Å². The van der Waals surface area contributed by atoms with Gasteiger partial charge in [-0.3, -0.25) is 19.4 Å². The van der Waals surface area contributed by atoms with E-state index in [0.29, 0.717) is 80.4 Å². The summed E-state index contributed by atoms with van der Waals surface area (Å²) < 4.78 is 48.8. The Bertz CT molecular complexity index is 2020. The number of aryl methyl sites for hydroxylation is 2. The highest BCUT2D eigenvalue weighted by atomic mass is 19.4. The first kappa shape index (κ1) is 32.7. The molecule has 7 rings (SSSR count). The fourth-order valence-electron chi connectivity index (χ4n) is 7.58. The second-order valence-corrected chi connectivity index (χ2v) is 13.1. The van der Waals surface area contributed by atoms with Crippen LogP contribution in [0.1, 0.15) is 76.4 Å². The van der Waals surface area contributed by atoms with Crippen LogP contribution in [0.5, 0.6) is 0 Å². The van der Waals surface area contributed by atoms with Crippen molar-refractivity contribution in [2.45, 2.75) is 70.5 Å². The molecule has 2 aliphatic heterocycles. The van der Waals surface area contributed by atoms with Crippen LogP contribution in [0.4, 0.5) is 18.9 Å². The standard InChI is InChI=1S/C35H36F3N7O4/c1-21-18-24(35(36,37)38)19-22(2)29(21)40-27(46)20-44-26-7-5-10-34(11-14-43(15-12-34)31(47)25-6-3-4-13-39-25)28(26)32(48)45-33(44)41-30(42-45)23-8-16-49-17-9-23/h3-4,6,8,13,18-19H,5,7,9-12,14-17,20H2,1-2H3,(H,40,46). The predicted molar refractivity (Wildman–Crippen MR) is 174 cm³/mol. The van der Waals surface area contributed by atoms with Crippen LogP contribution in [0.15, 0.2) is 47.4 Å². The normalized spacial score (nSPS) is 17.6. The second kappa shape index (κ2) is 12.6. The fourth-order valence-corrected chi connectivity index (χ4v) is 7.58. The number of likely N-dealkylation sites (tertiary alicyclic amines) is 1. The first-order valence-electron chi connectivity index (χ1n) is 16.4. The van der Waals surface area contributed by atoms with Gasteiger partial charge in [0.25, 0.3) is 11.5 Å². The number of benzene rings is 1. The Morgan fingerprint density at radius 3 is 2.47 bits per heavy atom. The van der Waals surface area contributed by atoms with Gasteiger partial charge in [-0.25, -0.2) is 0 Å². The van der Waals surface area contributed by atoms with Crippen molar-refractivity contribution in [1.29, 1.82) is 0 Å². The molecule has 0 bridgehead atoms. The molecule has 14 heteroatoms. The number of nitrogens with one attached hydrogen (secondary N) is 1. The number of alkyl halides is 3.